The average Bonchev–Trinajstić information content (AvgIpc) is 3.02. The van der Waals surface area contributed by atoms with E-state index in [4.69, 9.17) is 9.15 Å². The number of aromatic nitrogens is 2. The normalized spacial score (nSPS) is 16.8. The van der Waals surface area contributed by atoms with Crippen molar-refractivity contribution in [3.8, 4) is 17.2 Å². The third-order valence-corrected chi connectivity index (χ3v) is 3.98. The highest BCUT2D eigenvalue weighted by Crippen LogP contribution is 2.30. The lowest BCUT2D eigenvalue weighted by molar-refractivity contribution is 0.357. The Kier molecular flexibility index (Phi) is 3.35. The van der Waals surface area contributed by atoms with Crippen LogP contribution in [0, 0.1) is 0 Å². The van der Waals surface area contributed by atoms with Gasteiger partial charge in [0.15, 0.2) is 0 Å². The zero-order valence-corrected chi connectivity index (χ0v) is 12.0. The van der Waals surface area contributed by atoms with Gasteiger partial charge in [-0.05, 0) is 49.6 Å². The predicted molar refractivity (Wildman–Crippen MR) is 78.3 cm³/mol. The van der Waals surface area contributed by atoms with Crippen LogP contribution in [0.25, 0.3) is 11.5 Å². The number of nitrogens with one attached hydrogen (secondary N) is 1. The molecule has 4 rings (SSSR count). The summed E-state index contributed by atoms with van der Waals surface area (Å²) >= 11 is 0. The summed E-state index contributed by atoms with van der Waals surface area (Å²) in [7, 11) is 0. The Bertz CT molecular complexity index is 634. The van der Waals surface area contributed by atoms with Crippen molar-refractivity contribution in [3.63, 3.8) is 0 Å². The Morgan fingerprint density at radius 2 is 2.19 bits per heavy atom. The van der Waals surface area contributed by atoms with Crippen LogP contribution in [0.3, 0.4) is 0 Å². The zero-order chi connectivity index (χ0) is 14.1. The van der Waals surface area contributed by atoms with E-state index in [9.17, 15) is 0 Å². The summed E-state index contributed by atoms with van der Waals surface area (Å²) in [5, 5.41) is 11.8. The van der Waals surface area contributed by atoms with Crippen molar-refractivity contribution in [3.05, 3.63) is 29.7 Å². The van der Waals surface area contributed by atoms with Gasteiger partial charge in [0.05, 0.1) is 6.61 Å². The topological polar surface area (TPSA) is 60.2 Å². The molecule has 1 aliphatic heterocycles. The standard InChI is InChI=1S/C16H19N3O2/c1(8-17-13-4-5-13)2-15-18-19-16(21-15)12-3-6-14-11(10-12)7-9-20-14/h3,6,10,13,17H,1-2,4-5,7-9H2. The molecule has 0 bridgehead atoms. The van der Waals surface area contributed by atoms with Crippen molar-refractivity contribution in [2.45, 2.75) is 38.1 Å². The molecular formula is C16H19N3O2. The molecule has 2 heterocycles. The van der Waals surface area contributed by atoms with Gasteiger partial charge in [-0.2, -0.15) is 0 Å². The highest BCUT2D eigenvalue weighted by atomic mass is 16.5. The SMILES string of the molecule is c1cc2c(cc1-c1nnc(CCCNC3CC3)o1)CCO2. The second kappa shape index (κ2) is 5.48. The van der Waals surface area contributed by atoms with Crippen LogP contribution >= 0.6 is 0 Å². The number of hydrogen-bond acceptors (Lipinski definition) is 5. The first-order valence-electron chi connectivity index (χ1n) is 7.70. The van der Waals surface area contributed by atoms with Crippen LogP contribution in [0.4, 0.5) is 0 Å². The molecule has 2 aromatic rings. The molecule has 0 radical (unpaired) electrons. The number of rotatable bonds is 6. The summed E-state index contributed by atoms with van der Waals surface area (Å²) in [5.74, 6) is 2.30. The van der Waals surface area contributed by atoms with E-state index in [1.54, 1.807) is 0 Å². The van der Waals surface area contributed by atoms with Crippen LogP contribution in [-0.2, 0) is 12.8 Å². The molecule has 1 aromatic heterocycles. The first-order chi connectivity index (χ1) is 10.4. The summed E-state index contributed by atoms with van der Waals surface area (Å²) in [6.07, 6.45) is 5.48. The monoisotopic (exact) mass is 285 g/mol. The number of fused-ring (bicyclic) bond motifs is 1. The molecule has 1 aliphatic carbocycles. The summed E-state index contributed by atoms with van der Waals surface area (Å²) in [4.78, 5) is 0. The molecule has 21 heavy (non-hydrogen) atoms. The molecule has 110 valence electrons. The van der Waals surface area contributed by atoms with Gasteiger partial charge in [-0.3, -0.25) is 0 Å². The first-order valence-corrected chi connectivity index (χ1v) is 7.70. The van der Waals surface area contributed by atoms with Gasteiger partial charge in [-0.25, -0.2) is 0 Å². The van der Waals surface area contributed by atoms with Crippen LogP contribution < -0.4 is 10.1 Å². The predicted octanol–water partition coefficient (Wildman–Crippen LogP) is 2.36. The third-order valence-electron chi connectivity index (χ3n) is 3.98. The van der Waals surface area contributed by atoms with E-state index in [0.717, 1.165) is 55.7 Å². The van der Waals surface area contributed by atoms with E-state index < -0.39 is 0 Å². The maximum absolute atomic E-state index is 5.76. The smallest absolute Gasteiger partial charge is 0.247 e. The van der Waals surface area contributed by atoms with Gasteiger partial charge in [0.2, 0.25) is 11.8 Å². The summed E-state index contributed by atoms with van der Waals surface area (Å²) in [6, 6.07) is 6.82. The molecule has 0 saturated heterocycles. The van der Waals surface area contributed by atoms with Gasteiger partial charge in [0.25, 0.3) is 0 Å². The van der Waals surface area contributed by atoms with Crippen molar-refractivity contribution in [1.82, 2.24) is 15.5 Å². The minimum atomic E-state index is 0.606. The minimum absolute atomic E-state index is 0.606. The Hall–Kier alpha value is -1.88. The number of hydrogen-bond donors (Lipinski definition) is 1. The molecule has 1 fully saturated rings. The fourth-order valence-corrected chi connectivity index (χ4v) is 2.62. The van der Waals surface area contributed by atoms with E-state index in [0.29, 0.717) is 5.89 Å². The molecule has 0 amide bonds. The largest absolute Gasteiger partial charge is 0.493 e. The number of aryl methyl sites for hydroxylation is 1. The molecule has 0 unspecified atom stereocenters. The van der Waals surface area contributed by atoms with Crippen molar-refractivity contribution in [2.75, 3.05) is 13.2 Å². The van der Waals surface area contributed by atoms with Crippen molar-refractivity contribution in [1.29, 1.82) is 0 Å². The number of nitrogens with zero attached hydrogens (tertiary/aromatic N) is 2. The fraction of sp³-hybridized carbons (Fsp3) is 0.500. The molecule has 1 saturated carbocycles. The Balaban J connectivity index is 1.39. The second-order valence-corrected chi connectivity index (χ2v) is 5.75. The molecule has 1 aromatic carbocycles. The van der Waals surface area contributed by atoms with Crippen LogP contribution in [0.2, 0.25) is 0 Å². The molecule has 5 heteroatoms. The fourth-order valence-electron chi connectivity index (χ4n) is 2.62. The van der Waals surface area contributed by atoms with Gasteiger partial charge >= 0.3 is 0 Å². The van der Waals surface area contributed by atoms with Crippen LogP contribution in [0.1, 0.15) is 30.7 Å². The van der Waals surface area contributed by atoms with Crippen molar-refractivity contribution in [2.24, 2.45) is 0 Å². The second-order valence-electron chi connectivity index (χ2n) is 5.75. The zero-order valence-electron chi connectivity index (χ0n) is 12.0. The van der Waals surface area contributed by atoms with E-state index in [2.05, 4.69) is 21.6 Å². The quantitative estimate of drug-likeness (QED) is 0.826. The summed E-state index contributed by atoms with van der Waals surface area (Å²) < 4.78 is 11.3. The molecule has 1 N–H and O–H groups in total. The first kappa shape index (κ1) is 12.8. The van der Waals surface area contributed by atoms with Gasteiger partial charge < -0.3 is 14.5 Å². The lowest BCUT2D eigenvalue weighted by atomic mass is 10.1. The highest BCUT2D eigenvalue weighted by Gasteiger charge is 2.20. The van der Waals surface area contributed by atoms with Gasteiger partial charge in [-0.15, -0.1) is 10.2 Å². The molecule has 5 nitrogen and oxygen atoms in total. The summed E-state index contributed by atoms with van der Waals surface area (Å²) in [6.45, 7) is 1.79. The van der Waals surface area contributed by atoms with Gasteiger partial charge in [0.1, 0.15) is 5.75 Å². The Morgan fingerprint density at radius 3 is 3.10 bits per heavy atom. The molecule has 2 aliphatic rings. The average molecular weight is 285 g/mol. The maximum atomic E-state index is 5.76. The maximum Gasteiger partial charge on any atom is 0.247 e. The molecule has 0 spiro atoms. The third kappa shape index (κ3) is 2.93. The van der Waals surface area contributed by atoms with Crippen molar-refractivity contribution < 1.29 is 9.15 Å². The van der Waals surface area contributed by atoms with E-state index in [1.807, 2.05) is 12.1 Å². The van der Waals surface area contributed by atoms with Crippen molar-refractivity contribution >= 4 is 0 Å². The lowest BCUT2D eigenvalue weighted by Gasteiger charge is -2.00. The van der Waals surface area contributed by atoms with Gasteiger partial charge in [-0.1, -0.05) is 0 Å². The Labute approximate surface area is 123 Å². The minimum Gasteiger partial charge on any atom is -0.493 e. The number of ether oxygens (including phenoxy) is 1. The van der Waals surface area contributed by atoms with E-state index in [-0.39, 0.29) is 0 Å². The Morgan fingerprint density at radius 1 is 1.24 bits per heavy atom. The van der Waals surface area contributed by atoms with E-state index in [1.165, 1.54) is 18.4 Å². The van der Waals surface area contributed by atoms with Crippen LogP contribution in [0.15, 0.2) is 22.6 Å². The summed E-state index contributed by atoms with van der Waals surface area (Å²) in [5.41, 5.74) is 2.20. The number of benzene rings is 1. The molecular weight excluding hydrogens is 266 g/mol. The van der Waals surface area contributed by atoms with Crippen LogP contribution in [0.5, 0.6) is 5.75 Å². The molecule has 0 atom stereocenters. The van der Waals surface area contributed by atoms with Crippen LogP contribution in [-0.4, -0.2) is 29.4 Å². The van der Waals surface area contributed by atoms with Gasteiger partial charge in [0, 0.05) is 24.4 Å². The van der Waals surface area contributed by atoms with E-state index >= 15 is 0 Å². The lowest BCUT2D eigenvalue weighted by Crippen LogP contribution is -2.17. The highest BCUT2D eigenvalue weighted by molar-refractivity contribution is 5.57.